The lowest BCUT2D eigenvalue weighted by atomic mass is 10.4. The first-order valence-corrected chi connectivity index (χ1v) is 6.80. The topological polar surface area (TPSA) is 78.9 Å². The zero-order valence-electron chi connectivity index (χ0n) is 11.5. The van der Waals surface area contributed by atoms with Crippen molar-refractivity contribution in [1.29, 1.82) is 0 Å². The van der Waals surface area contributed by atoms with Crippen molar-refractivity contribution in [1.82, 2.24) is 15.3 Å². The van der Waals surface area contributed by atoms with Crippen LogP contribution in [0.3, 0.4) is 0 Å². The number of aryl methyl sites for hydroxylation is 1. The molecule has 1 aromatic heterocycles. The summed E-state index contributed by atoms with van der Waals surface area (Å²) in [5.41, 5.74) is 0.912. The molecule has 1 aliphatic carbocycles. The van der Waals surface area contributed by atoms with E-state index in [9.17, 15) is 4.79 Å². The highest BCUT2D eigenvalue weighted by Gasteiger charge is 2.28. The van der Waals surface area contributed by atoms with Crippen molar-refractivity contribution < 1.29 is 4.79 Å². The predicted octanol–water partition coefficient (Wildman–Crippen LogP) is 1.15. The van der Waals surface area contributed by atoms with Crippen LogP contribution in [-0.2, 0) is 4.79 Å². The third kappa shape index (κ3) is 4.39. The molecule has 3 N–H and O–H groups in total. The van der Waals surface area contributed by atoms with E-state index in [0.717, 1.165) is 30.9 Å². The van der Waals surface area contributed by atoms with Gasteiger partial charge in [-0.25, -0.2) is 4.98 Å². The molecule has 6 heteroatoms. The molecule has 19 heavy (non-hydrogen) atoms. The van der Waals surface area contributed by atoms with Crippen LogP contribution in [0.4, 0.5) is 11.8 Å². The summed E-state index contributed by atoms with van der Waals surface area (Å²) in [6.45, 7) is 6.02. The molecule has 104 valence electrons. The minimum Gasteiger partial charge on any atom is -0.368 e. The molecule has 1 aliphatic rings. The van der Waals surface area contributed by atoms with Crippen molar-refractivity contribution in [2.45, 2.75) is 26.7 Å². The molecule has 1 aromatic rings. The third-order valence-electron chi connectivity index (χ3n) is 2.87. The van der Waals surface area contributed by atoms with Crippen molar-refractivity contribution in [2.75, 3.05) is 30.3 Å². The van der Waals surface area contributed by atoms with E-state index in [4.69, 9.17) is 0 Å². The zero-order chi connectivity index (χ0) is 13.7. The van der Waals surface area contributed by atoms with Gasteiger partial charge >= 0.3 is 0 Å². The second-order valence-electron chi connectivity index (χ2n) is 4.74. The number of rotatable bonds is 7. The summed E-state index contributed by atoms with van der Waals surface area (Å²) < 4.78 is 0. The number of hydrogen-bond acceptors (Lipinski definition) is 5. The van der Waals surface area contributed by atoms with Crippen LogP contribution < -0.4 is 16.0 Å². The lowest BCUT2D eigenvalue weighted by molar-refractivity contribution is -0.122. The first kappa shape index (κ1) is 13.6. The van der Waals surface area contributed by atoms with Gasteiger partial charge in [0.15, 0.2) is 0 Å². The average molecular weight is 263 g/mol. The molecule has 0 saturated heterocycles. The zero-order valence-corrected chi connectivity index (χ0v) is 11.5. The maximum Gasteiger partial charge on any atom is 0.224 e. The summed E-state index contributed by atoms with van der Waals surface area (Å²) in [6.07, 6.45) is 2.08. The van der Waals surface area contributed by atoms with Crippen molar-refractivity contribution in [3.8, 4) is 0 Å². The molecule has 2 rings (SSSR count). The van der Waals surface area contributed by atoms with Crippen molar-refractivity contribution in [2.24, 2.45) is 5.92 Å². The third-order valence-corrected chi connectivity index (χ3v) is 2.87. The van der Waals surface area contributed by atoms with Gasteiger partial charge in [-0.05, 0) is 26.7 Å². The van der Waals surface area contributed by atoms with Gasteiger partial charge in [0.2, 0.25) is 11.9 Å². The van der Waals surface area contributed by atoms with Gasteiger partial charge in [-0.2, -0.15) is 4.98 Å². The number of amides is 1. The predicted molar refractivity (Wildman–Crippen MR) is 75.2 cm³/mol. The van der Waals surface area contributed by atoms with Gasteiger partial charge < -0.3 is 16.0 Å². The molecule has 0 atom stereocenters. The minimum atomic E-state index is 0.175. The van der Waals surface area contributed by atoms with E-state index >= 15 is 0 Å². The molecule has 1 amide bonds. The number of anilines is 2. The van der Waals surface area contributed by atoms with E-state index in [1.807, 2.05) is 19.9 Å². The molecule has 1 fully saturated rings. The second kappa shape index (κ2) is 6.36. The summed E-state index contributed by atoms with van der Waals surface area (Å²) in [5.74, 6) is 1.85. The van der Waals surface area contributed by atoms with Crippen molar-refractivity contribution >= 4 is 17.7 Å². The van der Waals surface area contributed by atoms with Crippen LogP contribution in [-0.4, -0.2) is 35.5 Å². The quantitative estimate of drug-likeness (QED) is 0.643. The Labute approximate surface area is 113 Å². The Morgan fingerprint density at radius 2 is 2.11 bits per heavy atom. The molecular weight excluding hydrogens is 242 g/mol. The van der Waals surface area contributed by atoms with E-state index < -0.39 is 0 Å². The van der Waals surface area contributed by atoms with Crippen molar-refractivity contribution in [3.63, 3.8) is 0 Å². The first-order valence-electron chi connectivity index (χ1n) is 6.80. The Bertz CT molecular complexity index is 445. The number of carbonyl (C=O) groups excluding carboxylic acids is 1. The SMILES string of the molecule is CCNc1nc(C)cc(NCCNC(=O)C2CC2)n1. The Morgan fingerprint density at radius 3 is 2.79 bits per heavy atom. The van der Waals surface area contributed by atoms with Crippen molar-refractivity contribution in [3.05, 3.63) is 11.8 Å². The van der Waals surface area contributed by atoms with Crippen LogP contribution in [0.5, 0.6) is 0 Å². The lowest BCUT2D eigenvalue weighted by Gasteiger charge is -2.09. The van der Waals surface area contributed by atoms with Crippen LogP contribution in [0.2, 0.25) is 0 Å². The monoisotopic (exact) mass is 263 g/mol. The molecule has 1 saturated carbocycles. The number of aromatic nitrogens is 2. The molecule has 0 aromatic carbocycles. The standard InChI is InChI=1S/C13H21N5O/c1-3-14-13-17-9(2)8-11(18-13)15-6-7-16-12(19)10-4-5-10/h8,10H,3-7H2,1-2H3,(H,16,19)(H2,14,15,17,18). The van der Waals surface area contributed by atoms with Gasteiger partial charge in [0.05, 0.1) is 0 Å². The summed E-state index contributed by atoms with van der Waals surface area (Å²) in [6, 6.07) is 1.89. The molecule has 0 spiro atoms. The summed E-state index contributed by atoms with van der Waals surface area (Å²) in [7, 11) is 0. The molecule has 0 radical (unpaired) electrons. The van der Waals surface area contributed by atoms with E-state index in [0.29, 0.717) is 19.0 Å². The maximum atomic E-state index is 11.4. The second-order valence-corrected chi connectivity index (χ2v) is 4.74. The summed E-state index contributed by atoms with van der Waals surface area (Å²) >= 11 is 0. The summed E-state index contributed by atoms with van der Waals surface area (Å²) in [5, 5.41) is 9.19. The fourth-order valence-electron chi connectivity index (χ4n) is 1.76. The average Bonchev–Trinajstić information content (AvgIpc) is 3.18. The van der Waals surface area contributed by atoms with Crippen LogP contribution in [0.25, 0.3) is 0 Å². The summed E-state index contributed by atoms with van der Waals surface area (Å²) in [4.78, 5) is 20.1. The van der Waals surface area contributed by atoms with Gasteiger partial charge in [-0.3, -0.25) is 4.79 Å². The van der Waals surface area contributed by atoms with E-state index in [2.05, 4.69) is 25.9 Å². The van der Waals surface area contributed by atoms with Crippen LogP contribution in [0.1, 0.15) is 25.5 Å². The molecule has 6 nitrogen and oxygen atoms in total. The van der Waals surface area contributed by atoms with Gasteiger partial charge in [0.25, 0.3) is 0 Å². The van der Waals surface area contributed by atoms with Gasteiger partial charge in [-0.15, -0.1) is 0 Å². The van der Waals surface area contributed by atoms with Gasteiger partial charge in [-0.1, -0.05) is 0 Å². The molecule has 0 aliphatic heterocycles. The highest BCUT2D eigenvalue weighted by Crippen LogP contribution is 2.28. The van der Waals surface area contributed by atoms with Gasteiger partial charge in [0.1, 0.15) is 5.82 Å². The fourth-order valence-corrected chi connectivity index (χ4v) is 1.76. The van der Waals surface area contributed by atoms with Gasteiger partial charge in [0, 0.05) is 37.3 Å². The number of nitrogens with zero attached hydrogens (tertiary/aromatic N) is 2. The van der Waals surface area contributed by atoms with E-state index in [1.165, 1.54) is 0 Å². The van der Waals surface area contributed by atoms with Crippen LogP contribution in [0.15, 0.2) is 6.07 Å². The Kier molecular flexibility index (Phi) is 4.54. The number of hydrogen-bond donors (Lipinski definition) is 3. The largest absolute Gasteiger partial charge is 0.368 e. The highest BCUT2D eigenvalue weighted by molar-refractivity contribution is 5.80. The maximum absolute atomic E-state index is 11.4. The number of carbonyl (C=O) groups is 1. The highest BCUT2D eigenvalue weighted by atomic mass is 16.2. The Hall–Kier alpha value is -1.85. The number of nitrogens with one attached hydrogen (secondary N) is 3. The van der Waals surface area contributed by atoms with Crippen LogP contribution >= 0.6 is 0 Å². The Morgan fingerprint density at radius 1 is 1.32 bits per heavy atom. The Balaban J connectivity index is 1.76. The van der Waals surface area contributed by atoms with E-state index in [1.54, 1.807) is 0 Å². The lowest BCUT2D eigenvalue weighted by Crippen LogP contribution is -2.30. The van der Waals surface area contributed by atoms with Crippen LogP contribution in [0, 0.1) is 12.8 Å². The first-order chi connectivity index (χ1) is 9.19. The minimum absolute atomic E-state index is 0.175. The molecule has 1 heterocycles. The molecule has 0 bridgehead atoms. The normalized spacial score (nSPS) is 14.0. The molecule has 0 unspecified atom stereocenters. The fraction of sp³-hybridized carbons (Fsp3) is 0.615. The van der Waals surface area contributed by atoms with E-state index in [-0.39, 0.29) is 11.8 Å². The smallest absolute Gasteiger partial charge is 0.224 e. The molecular formula is C13H21N5O.